The van der Waals surface area contributed by atoms with Crippen molar-refractivity contribution in [3.63, 3.8) is 0 Å². The van der Waals surface area contributed by atoms with Gasteiger partial charge in [-0.1, -0.05) is 6.07 Å². The molecular weight excluding hydrogens is 302 g/mol. The van der Waals surface area contributed by atoms with E-state index in [0.717, 1.165) is 5.56 Å². The third-order valence-electron chi connectivity index (χ3n) is 3.23. The minimum Gasteiger partial charge on any atom is -0.346 e. The fourth-order valence-corrected chi connectivity index (χ4v) is 2.71. The van der Waals surface area contributed by atoms with Gasteiger partial charge in [-0.05, 0) is 49.9 Å². The summed E-state index contributed by atoms with van der Waals surface area (Å²) < 4.78 is 25.8. The maximum Gasteiger partial charge on any atom is 0.251 e. The van der Waals surface area contributed by atoms with Crippen LogP contribution in [-0.2, 0) is 10.0 Å². The summed E-state index contributed by atoms with van der Waals surface area (Å²) in [5, 5.41) is 2.83. The van der Waals surface area contributed by atoms with Gasteiger partial charge in [0.1, 0.15) is 0 Å². The van der Waals surface area contributed by atoms with Crippen LogP contribution in [0.3, 0.4) is 0 Å². The van der Waals surface area contributed by atoms with E-state index in [0.29, 0.717) is 0 Å². The maximum absolute atomic E-state index is 12.3. The van der Waals surface area contributed by atoms with E-state index in [1.807, 2.05) is 19.1 Å². The molecule has 0 radical (unpaired) electrons. The lowest BCUT2D eigenvalue weighted by Crippen LogP contribution is -2.27. The molecule has 0 bridgehead atoms. The molecule has 1 heterocycles. The Kier molecular flexibility index (Phi) is 4.89. The number of rotatable bonds is 5. The largest absolute Gasteiger partial charge is 0.346 e. The van der Waals surface area contributed by atoms with Crippen LogP contribution in [0.25, 0.3) is 0 Å². The molecule has 1 amide bonds. The second kappa shape index (κ2) is 6.67. The van der Waals surface area contributed by atoms with Crippen molar-refractivity contribution in [3.8, 4) is 0 Å². The molecule has 116 valence electrons. The average molecular weight is 319 g/mol. The fraction of sp³-hybridized carbons (Fsp3) is 0.200. The molecule has 0 fully saturated rings. The molecule has 2 aromatic rings. The van der Waals surface area contributed by atoms with E-state index < -0.39 is 10.0 Å². The summed E-state index contributed by atoms with van der Waals surface area (Å²) in [7, 11) is -2.25. The lowest BCUT2D eigenvalue weighted by atomic mass is 10.1. The van der Waals surface area contributed by atoms with Gasteiger partial charge in [0.15, 0.2) is 0 Å². The van der Waals surface area contributed by atoms with Crippen LogP contribution in [0.1, 0.15) is 28.9 Å². The van der Waals surface area contributed by atoms with E-state index in [2.05, 4.69) is 15.0 Å². The molecule has 7 heteroatoms. The van der Waals surface area contributed by atoms with Gasteiger partial charge < -0.3 is 5.32 Å². The van der Waals surface area contributed by atoms with Crippen LogP contribution in [0, 0.1) is 0 Å². The van der Waals surface area contributed by atoms with Crippen molar-refractivity contribution < 1.29 is 13.2 Å². The van der Waals surface area contributed by atoms with E-state index in [4.69, 9.17) is 0 Å². The normalized spacial score (nSPS) is 12.6. The monoisotopic (exact) mass is 319 g/mol. The Balaban J connectivity index is 2.19. The second-order valence-corrected chi connectivity index (χ2v) is 6.60. The lowest BCUT2D eigenvalue weighted by molar-refractivity contribution is 0.0939. The molecule has 0 spiro atoms. The van der Waals surface area contributed by atoms with Gasteiger partial charge in [-0.3, -0.25) is 9.78 Å². The number of carbonyl (C=O) groups is 1. The first kappa shape index (κ1) is 16.1. The summed E-state index contributed by atoms with van der Waals surface area (Å²) in [6.45, 7) is 1.85. The summed E-state index contributed by atoms with van der Waals surface area (Å²) in [6, 6.07) is 9.31. The molecule has 0 aliphatic rings. The summed E-state index contributed by atoms with van der Waals surface area (Å²) in [4.78, 5) is 16.2. The molecular formula is C15H17N3O3S. The summed E-state index contributed by atoms with van der Waals surface area (Å²) in [6.07, 6.45) is 3.30. The van der Waals surface area contributed by atoms with Crippen molar-refractivity contribution in [1.29, 1.82) is 0 Å². The molecule has 0 saturated carbocycles. The van der Waals surface area contributed by atoms with Crippen molar-refractivity contribution in [3.05, 3.63) is 59.9 Å². The summed E-state index contributed by atoms with van der Waals surface area (Å²) >= 11 is 0. The van der Waals surface area contributed by atoms with Crippen LogP contribution >= 0.6 is 0 Å². The quantitative estimate of drug-likeness (QED) is 0.874. The van der Waals surface area contributed by atoms with E-state index in [9.17, 15) is 13.2 Å². The number of pyridine rings is 1. The smallest absolute Gasteiger partial charge is 0.251 e. The van der Waals surface area contributed by atoms with Crippen LogP contribution in [0.4, 0.5) is 0 Å². The maximum atomic E-state index is 12.3. The molecule has 0 aliphatic heterocycles. The highest BCUT2D eigenvalue weighted by Gasteiger charge is 2.16. The Hall–Kier alpha value is -2.25. The number of nitrogens with one attached hydrogen (secondary N) is 2. The van der Waals surface area contributed by atoms with Crippen molar-refractivity contribution in [2.45, 2.75) is 17.9 Å². The van der Waals surface area contributed by atoms with Crippen molar-refractivity contribution in [2.24, 2.45) is 0 Å². The Morgan fingerprint density at radius 1 is 1.18 bits per heavy atom. The van der Waals surface area contributed by atoms with Gasteiger partial charge in [-0.25, -0.2) is 13.1 Å². The predicted molar refractivity (Wildman–Crippen MR) is 82.8 cm³/mol. The number of aromatic nitrogens is 1. The molecule has 1 atom stereocenters. The number of amides is 1. The average Bonchev–Trinajstić information content (AvgIpc) is 2.55. The third-order valence-corrected chi connectivity index (χ3v) is 4.64. The van der Waals surface area contributed by atoms with Crippen LogP contribution < -0.4 is 10.0 Å². The first-order valence-corrected chi connectivity index (χ1v) is 8.17. The minimum absolute atomic E-state index is 0.0548. The Bertz CT molecular complexity index is 761. The van der Waals surface area contributed by atoms with E-state index in [-0.39, 0.29) is 22.4 Å². The molecule has 22 heavy (non-hydrogen) atoms. The molecule has 6 nitrogen and oxygen atoms in total. The summed E-state index contributed by atoms with van der Waals surface area (Å²) in [5.74, 6) is -0.336. The van der Waals surface area contributed by atoms with Gasteiger partial charge in [0, 0.05) is 18.0 Å². The van der Waals surface area contributed by atoms with Gasteiger partial charge >= 0.3 is 0 Å². The predicted octanol–water partition coefficient (Wildman–Crippen LogP) is 1.48. The van der Waals surface area contributed by atoms with Gasteiger partial charge in [-0.15, -0.1) is 0 Å². The SMILES string of the molecule is CNS(=O)(=O)c1cccc(C(=O)NC(C)c2ccncc2)c1. The number of benzene rings is 1. The highest BCUT2D eigenvalue weighted by Crippen LogP contribution is 2.14. The minimum atomic E-state index is -3.57. The number of sulfonamides is 1. The van der Waals surface area contributed by atoms with Crippen molar-refractivity contribution in [1.82, 2.24) is 15.0 Å². The lowest BCUT2D eigenvalue weighted by Gasteiger charge is -2.14. The fourth-order valence-electron chi connectivity index (χ4n) is 1.94. The third kappa shape index (κ3) is 3.69. The molecule has 0 aliphatic carbocycles. The zero-order valence-corrected chi connectivity index (χ0v) is 13.1. The molecule has 1 aromatic heterocycles. The van der Waals surface area contributed by atoms with Gasteiger partial charge in [0.2, 0.25) is 10.0 Å². The highest BCUT2D eigenvalue weighted by molar-refractivity contribution is 7.89. The number of hydrogen-bond acceptors (Lipinski definition) is 4. The molecule has 2 N–H and O–H groups in total. The molecule has 1 aromatic carbocycles. The Morgan fingerprint density at radius 2 is 1.86 bits per heavy atom. The number of carbonyl (C=O) groups excluding carboxylic acids is 1. The first-order chi connectivity index (χ1) is 10.4. The van der Waals surface area contributed by atoms with Crippen molar-refractivity contribution >= 4 is 15.9 Å². The highest BCUT2D eigenvalue weighted by atomic mass is 32.2. The van der Waals surface area contributed by atoms with Crippen molar-refractivity contribution in [2.75, 3.05) is 7.05 Å². The van der Waals surface area contributed by atoms with Gasteiger partial charge in [0.25, 0.3) is 5.91 Å². The Labute approximate surface area is 129 Å². The number of hydrogen-bond donors (Lipinski definition) is 2. The van der Waals surface area contributed by atoms with E-state index in [1.165, 1.54) is 25.2 Å². The van der Waals surface area contributed by atoms with Crippen LogP contribution in [-0.4, -0.2) is 26.4 Å². The standard InChI is InChI=1S/C15H17N3O3S/c1-11(12-6-8-17-9-7-12)18-15(19)13-4-3-5-14(10-13)22(20,21)16-2/h3-11,16H,1-2H3,(H,18,19). The number of nitrogens with zero attached hydrogens (tertiary/aromatic N) is 1. The van der Waals surface area contributed by atoms with Crippen LogP contribution in [0.15, 0.2) is 53.7 Å². The summed E-state index contributed by atoms with van der Waals surface area (Å²) in [5.41, 5.74) is 1.21. The Morgan fingerprint density at radius 3 is 2.50 bits per heavy atom. The van der Waals surface area contributed by atoms with Gasteiger partial charge in [0.05, 0.1) is 10.9 Å². The first-order valence-electron chi connectivity index (χ1n) is 6.68. The van der Waals surface area contributed by atoms with Crippen LogP contribution in [0.2, 0.25) is 0 Å². The second-order valence-electron chi connectivity index (χ2n) is 4.71. The van der Waals surface area contributed by atoms with Crippen LogP contribution in [0.5, 0.6) is 0 Å². The zero-order chi connectivity index (χ0) is 16.2. The van der Waals surface area contributed by atoms with E-state index in [1.54, 1.807) is 18.5 Å². The molecule has 1 unspecified atom stereocenters. The van der Waals surface area contributed by atoms with Gasteiger partial charge in [-0.2, -0.15) is 0 Å². The molecule has 2 rings (SSSR count). The topological polar surface area (TPSA) is 88.2 Å². The van der Waals surface area contributed by atoms with E-state index >= 15 is 0 Å². The zero-order valence-electron chi connectivity index (χ0n) is 12.3. The molecule has 0 saturated heterocycles.